The zero-order valence-electron chi connectivity index (χ0n) is 16.6. The summed E-state index contributed by atoms with van der Waals surface area (Å²) < 4.78 is 5.17. The monoisotopic (exact) mass is 413 g/mol. The average molecular weight is 414 g/mol. The highest BCUT2D eigenvalue weighted by molar-refractivity contribution is 6.35. The van der Waals surface area contributed by atoms with Crippen LogP contribution in [0.1, 0.15) is 25.8 Å². The second kappa shape index (κ2) is 7.35. The third-order valence-electron chi connectivity index (χ3n) is 5.94. The van der Waals surface area contributed by atoms with E-state index in [1.807, 2.05) is 12.1 Å². The third-order valence-corrected chi connectivity index (χ3v) is 6.25. The van der Waals surface area contributed by atoms with Crippen LogP contribution in [-0.4, -0.2) is 25.0 Å². The van der Waals surface area contributed by atoms with Crippen molar-refractivity contribution < 1.29 is 14.3 Å². The van der Waals surface area contributed by atoms with Gasteiger partial charge in [0, 0.05) is 17.3 Å². The van der Waals surface area contributed by atoms with E-state index in [0.717, 1.165) is 5.56 Å². The van der Waals surface area contributed by atoms with Crippen LogP contribution in [0.2, 0.25) is 5.02 Å². The molecule has 0 bridgehead atoms. The third kappa shape index (κ3) is 3.16. The summed E-state index contributed by atoms with van der Waals surface area (Å²) >= 11 is 6.33. The Kier molecular flexibility index (Phi) is 5.00. The lowest BCUT2D eigenvalue weighted by atomic mass is 9.79. The van der Waals surface area contributed by atoms with E-state index < -0.39 is 11.5 Å². The molecule has 29 heavy (non-hydrogen) atoms. The molecule has 1 fully saturated rings. The lowest BCUT2D eigenvalue weighted by Gasteiger charge is -2.29. The van der Waals surface area contributed by atoms with Crippen LogP contribution < -0.4 is 20.7 Å². The van der Waals surface area contributed by atoms with Gasteiger partial charge in [0.15, 0.2) is 0 Å². The molecule has 1 spiro atoms. The van der Waals surface area contributed by atoms with E-state index in [1.165, 1.54) is 0 Å². The highest BCUT2D eigenvalue weighted by Gasteiger charge is 2.60. The second-order valence-corrected chi connectivity index (χ2v) is 8.33. The Bertz CT molecular complexity index is 960. The number of para-hydroxylation sites is 1. The molecule has 0 unspecified atom stereocenters. The first-order chi connectivity index (χ1) is 13.9. The maximum absolute atomic E-state index is 13.3. The number of anilines is 2. The lowest BCUT2D eigenvalue weighted by molar-refractivity contribution is -0.130. The normalized spacial score (nSPS) is 25.2. The Labute approximate surface area is 175 Å². The topological polar surface area (TPSA) is 79.5 Å². The largest absolute Gasteiger partial charge is 0.497 e. The van der Waals surface area contributed by atoms with Crippen molar-refractivity contribution in [1.29, 1.82) is 0 Å². The van der Waals surface area contributed by atoms with Crippen molar-refractivity contribution >= 4 is 34.8 Å². The standard InChI is InChI=1S/C22H24ClN3O3/c1-12(2)18-11-16(20(27)24-13-7-9-14(29-3)10-8-13)22(26-18)15-5-4-6-17(23)19(15)25-21(22)28/h4-10,12,16,18,26H,11H2,1-3H3,(H,24,27)(H,25,28)/t16-,18-,22+/m1/s1. The summed E-state index contributed by atoms with van der Waals surface area (Å²) in [4.78, 5) is 26.5. The van der Waals surface area contributed by atoms with Crippen molar-refractivity contribution in [3.63, 3.8) is 0 Å². The van der Waals surface area contributed by atoms with Crippen molar-refractivity contribution in [2.75, 3.05) is 17.7 Å². The molecule has 0 aromatic heterocycles. The molecule has 0 aliphatic carbocycles. The van der Waals surface area contributed by atoms with Gasteiger partial charge < -0.3 is 15.4 Å². The van der Waals surface area contributed by atoms with Gasteiger partial charge in [0.25, 0.3) is 0 Å². The number of ether oxygens (including phenoxy) is 1. The van der Waals surface area contributed by atoms with Gasteiger partial charge in [-0.2, -0.15) is 0 Å². The molecule has 2 aliphatic rings. The van der Waals surface area contributed by atoms with Crippen molar-refractivity contribution in [2.24, 2.45) is 11.8 Å². The zero-order valence-corrected chi connectivity index (χ0v) is 17.3. The summed E-state index contributed by atoms with van der Waals surface area (Å²) in [5.41, 5.74) is 0.834. The molecule has 2 amide bonds. The van der Waals surface area contributed by atoms with Crippen LogP contribution in [0.4, 0.5) is 11.4 Å². The number of hydrogen-bond acceptors (Lipinski definition) is 4. The molecule has 152 valence electrons. The average Bonchev–Trinajstić information content (AvgIpc) is 3.24. The molecule has 0 saturated carbocycles. The number of benzene rings is 2. The predicted molar refractivity (Wildman–Crippen MR) is 113 cm³/mol. The van der Waals surface area contributed by atoms with Gasteiger partial charge in [-0.3, -0.25) is 14.9 Å². The molecule has 0 radical (unpaired) electrons. The minimum absolute atomic E-state index is 0.0253. The summed E-state index contributed by atoms with van der Waals surface area (Å²) in [6.45, 7) is 4.17. The first-order valence-corrected chi connectivity index (χ1v) is 10.1. The zero-order chi connectivity index (χ0) is 20.8. The van der Waals surface area contributed by atoms with Crippen LogP contribution in [-0.2, 0) is 15.1 Å². The van der Waals surface area contributed by atoms with Crippen molar-refractivity contribution in [3.8, 4) is 5.75 Å². The number of fused-ring (bicyclic) bond motifs is 2. The molecule has 2 aromatic rings. The summed E-state index contributed by atoms with van der Waals surface area (Å²) in [7, 11) is 1.59. The van der Waals surface area contributed by atoms with E-state index in [-0.39, 0.29) is 23.8 Å². The molecular formula is C22H24ClN3O3. The number of amides is 2. The Morgan fingerprint density at radius 2 is 1.97 bits per heavy atom. The fourth-order valence-electron chi connectivity index (χ4n) is 4.33. The molecule has 7 heteroatoms. The van der Waals surface area contributed by atoms with Gasteiger partial charge in [0.2, 0.25) is 11.8 Å². The number of rotatable bonds is 4. The summed E-state index contributed by atoms with van der Waals surface area (Å²) in [6, 6.07) is 12.6. The first-order valence-electron chi connectivity index (χ1n) is 9.70. The second-order valence-electron chi connectivity index (χ2n) is 7.93. The van der Waals surface area contributed by atoms with Crippen LogP contribution in [0, 0.1) is 11.8 Å². The fraction of sp³-hybridized carbons (Fsp3) is 0.364. The number of nitrogens with one attached hydrogen (secondary N) is 3. The first kappa shape index (κ1) is 19.7. The van der Waals surface area contributed by atoms with Gasteiger partial charge in [0.1, 0.15) is 11.3 Å². The molecule has 2 heterocycles. The Morgan fingerprint density at radius 3 is 2.62 bits per heavy atom. The van der Waals surface area contributed by atoms with Crippen LogP contribution in [0.3, 0.4) is 0 Å². The van der Waals surface area contributed by atoms with Gasteiger partial charge in [-0.1, -0.05) is 37.6 Å². The van der Waals surface area contributed by atoms with Gasteiger partial charge in [-0.05, 0) is 42.7 Å². The molecule has 2 aliphatic heterocycles. The predicted octanol–water partition coefficient (Wildman–Crippen LogP) is 3.77. The van der Waals surface area contributed by atoms with Gasteiger partial charge in [0.05, 0.1) is 23.7 Å². The fourth-order valence-corrected chi connectivity index (χ4v) is 4.55. The van der Waals surface area contributed by atoms with E-state index in [2.05, 4.69) is 29.8 Å². The van der Waals surface area contributed by atoms with Crippen LogP contribution in [0.15, 0.2) is 42.5 Å². The van der Waals surface area contributed by atoms with Gasteiger partial charge >= 0.3 is 0 Å². The molecule has 6 nitrogen and oxygen atoms in total. The lowest BCUT2D eigenvalue weighted by Crippen LogP contribution is -2.52. The minimum atomic E-state index is -1.13. The van der Waals surface area contributed by atoms with E-state index in [4.69, 9.17) is 16.3 Å². The number of carbonyl (C=O) groups excluding carboxylic acids is 2. The molecule has 3 N–H and O–H groups in total. The molecular weight excluding hydrogens is 390 g/mol. The molecule has 4 rings (SSSR count). The van der Waals surface area contributed by atoms with Crippen molar-refractivity contribution in [3.05, 3.63) is 53.1 Å². The quantitative estimate of drug-likeness (QED) is 0.712. The van der Waals surface area contributed by atoms with E-state index in [0.29, 0.717) is 28.6 Å². The number of hydrogen-bond donors (Lipinski definition) is 3. The Hall–Kier alpha value is -2.57. The van der Waals surface area contributed by atoms with Crippen LogP contribution in [0.25, 0.3) is 0 Å². The summed E-state index contributed by atoms with van der Waals surface area (Å²) in [6.07, 6.45) is 0.555. The SMILES string of the molecule is COc1ccc(NC(=O)[C@H]2C[C@H](C(C)C)N[C@]23C(=O)Nc2c(Cl)cccc23)cc1. The maximum Gasteiger partial charge on any atom is 0.250 e. The summed E-state index contributed by atoms with van der Waals surface area (Å²) in [5.74, 6) is -0.0357. The molecule has 1 saturated heterocycles. The molecule has 3 atom stereocenters. The maximum atomic E-state index is 13.3. The smallest absolute Gasteiger partial charge is 0.250 e. The summed E-state index contributed by atoms with van der Waals surface area (Å²) in [5, 5.41) is 9.81. The van der Waals surface area contributed by atoms with Crippen molar-refractivity contribution in [1.82, 2.24) is 5.32 Å². The van der Waals surface area contributed by atoms with E-state index in [1.54, 1.807) is 37.4 Å². The van der Waals surface area contributed by atoms with Gasteiger partial charge in [-0.15, -0.1) is 0 Å². The highest BCUT2D eigenvalue weighted by atomic mass is 35.5. The minimum Gasteiger partial charge on any atom is -0.497 e. The van der Waals surface area contributed by atoms with Crippen LogP contribution >= 0.6 is 11.6 Å². The highest BCUT2D eigenvalue weighted by Crippen LogP contribution is 2.50. The molecule has 2 aromatic carbocycles. The number of halogens is 1. The number of carbonyl (C=O) groups is 2. The van der Waals surface area contributed by atoms with Crippen molar-refractivity contribution in [2.45, 2.75) is 31.8 Å². The number of methoxy groups -OCH3 is 1. The Morgan fingerprint density at radius 1 is 1.24 bits per heavy atom. The Balaban J connectivity index is 1.71. The van der Waals surface area contributed by atoms with E-state index >= 15 is 0 Å². The van der Waals surface area contributed by atoms with E-state index in [9.17, 15) is 9.59 Å². The van der Waals surface area contributed by atoms with Gasteiger partial charge in [-0.25, -0.2) is 0 Å². The van der Waals surface area contributed by atoms with Crippen LogP contribution in [0.5, 0.6) is 5.75 Å².